The number of esters is 1. The van der Waals surface area contributed by atoms with Gasteiger partial charge in [0.1, 0.15) is 11.6 Å². The molecule has 0 spiro atoms. The van der Waals surface area contributed by atoms with Gasteiger partial charge in [0, 0.05) is 0 Å². The number of fused-ring (bicyclic) bond motifs is 1. The highest BCUT2D eigenvalue weighted by Gasteiger charge is 2.58. The summed E-state index contributed by atoms with van der Waals surface area (Å²) >= 11 is 0. The molecule has 1 saturated heterocycles. The maximum atomic E-state index is 13.8. The second kappa shape index (κ2) is 9.63. The molecule has 12 heteroatoms. The molecule has 0 bridgehead atoms. The molecule has 39 heavy (non-hydrogen) atoms. The zero-order valence-corrected chi connectivity index (χ0v) is 21.1. The van der Waals surface area contributed by atoms with Gasteiger partial charge in [0.2, 0.25) is 17.8 Å². The number of carboxylic acids is 1. The number of amides is 2. The fraction of sp³-hybridized carbons (Fsp3) is 0.222. The van der Waals surface area contributed by atoms with E-state index >= 15 is 0 Å². The summed E-state index contributed by atoms with van der Waals surface area (Å²) in [6.07, 6.45) is -1.38. The molecule has 2 aliphatic heterocycles. The Hall–Kier alpha value is -5.13. The van der Waals surface area contributed by atoms with Crippen molar-refractivity contribution in [1.29, 1.82) is 0 Å². The summed E-state index contributed by atoms with van der Waals surface area (Å²) in [6.45, 7) is 5.16. The highest BCUT2D eigenvalue weighted by atomic mass is 16.7. The number of ketones is 1. The van der Waals surface area contributed by atoms with Crippen molar-refractivity contribution in [3.05, 3.63) is 76.6 Å². The molecule has 2 aliphatic rings. The molecule has 12 nitrogen and oxygen atoms in total. The van der Waals surface area contributed by atoms with Gasteiger partial charge in [0.05, 0.1) is 34.8 Å². The summed E-state index contributed by atoms with van der Waals surface area (Å²) in [7, 11) is 0. The van der Waals surface area contributed by atoms with Gasteiger partial charge in [-0.15, -0.1) is 0 Å². The third kappa shape index (κ3) is 4.15. The first kappa shape index (κ1) is 25.5. The van der Waals surface area contributed by atoms with E-state index in [1.54, 1.807) is 26.0 Å². The Kier molecular flexibility index (Phi) is 6.30. The Balaban J connectivity index is 1.52. The molecule has 1 aromatic heterocycles. The van der Waals surface area contributed by atoms with Gasteiger partial charge < -0.3 is 14.7 Å². The minimum atomic E-state index is -1.38. The van der Waals surface area contributed by atoms with E-state index in [9.17, 15) is 24.0 Å². The molecule has 0 unspecified atom stereocenters. The number of carbonyl (C=O) groups is 5. The topological polar surface area (TPSA) is 157 Å². The lowest BCUT2D eigenvalue weighted by atomic mass is 9.92. The van der Waals surface area contributed by atoms with Gasteiger partial charge in [0.15, 0.2) is 5.69 Å². The number of aryl methyl sites for hydroxylation is 1. The van der Waals surface area contributed by atoms with Crippen LogP contribution in [0.15, 0.2) is 53.7 Å². The first-order chi connectivity index (χ1) is 18.6. The molecule has 1 fully saturated rings. The van der Waals surface area contributed by atoms with Crippen LogP contribution in [-0.2, 0) is 19.2 Å². The highest BCUT2D eigenvalue weighted by molar-refractivity contribution is 6.53. The number of Topliss-reactive ketones (excluding diaryl/α,β-unsaturated/α-hetero) is 1. The number of hydrogen-bond donors (Lipinski definition) is 1. The van der Waals surface area contributed by atoms with E-state index in [4.69, 9.17) is 14.7 Å². The number of rotatable bonds is 7. The molecule has 1 N–H and O–H groups in total. The number of anilines is 1. The third-order valence-corrected chi connectivity index (χ3v) is 6.51. The number of imide groups is 1. The number of aromatic carboxylic acids is 1. The van der Waals surface area contributed by atoms with Gasteiger partial charge in [-0.05, 0) is 57.2 Å². The fourth-order valence-corrected chi connectivity index (χ4v) is 4.56. The van der Waals surface area contributed by atoms with E-state index in [1.807, 2.05) is 19.1 Å². The standard InChI is InChI=1S/C27H22N4O8/c1-4-38-27(37)21-18(14(3)31(28-21)17-9-5-13(2)6-10-17)22(32)20-19-23(39-29-20)25(34)30(24(19)33)16-11-7-15(8-12-16)26(35)36/h5-12,19,23H,4H2,1-3H3,(H,35,36)/t19-,23+/m1/s1. The number of nitrogens with zero attached hydrogens (tertiary/aromatic N) is 4. The summed E-state index contributed by atoms with van der Waals surface area (Å²) < 4.78 is 6.54. The van der Waals surface area contributed by atoms with E-state index in [1.165, 1.54) is 28.9 Å². The lowest BCUT2D eigenvalue weighted by molar-refractivity contribution is -0.126. The minimum absolute atomic E-state index is 0.0284. The number of ether oxygens (including phenoxy) is 1. The molecule has 198 valence electrons. The van der Waals surface area contributed by atoms with Gasteiger partial charge in [-0.3, -0.25) is 14.4 Å². The summed E-state index contributed by atoms with van der Waals surface area (Å²) in [5, 5.41) is 17.2. The third-order valence-electron chi connectivity index (χ3n) is 6.51. The quantitative estimate of drug-likeness (QED) is 0.275. The Morgan fingerprint density at radius 2 is 1.62 bits per heavy atom. The molecule has 2 amide bonds. The highest BCUT2D eigenvalue weighted by Crippen LogP contribution is 2.35. The SMILES string of the molecule is CCOC(=O)c1nn(-c2ccc(C)cc2)c(C)c1C(=O)C1=NO[C@@H]2C(=O)N(c3ccc(C(=O)O)cc3)C(=O)[C@H]12. The monoisotopic (exact) mass is 530 g/mol. The van der Waals surface area contributed by atoms with Crippen LogP contribution in [0.5, 0.6) is 0 Å². The van der Waals surface area contributed by atoms with Crippen LogP contribution >= 0.6 is 0 Å². The van der Waals surface area contributed by atoms with Crippen LogP contribution in [0.1, 0.15) is 49.4 Å². The van der Waals surface area contributed by atoms with Crippen molar-refractivity contribution in [2.75, 3.05) is 11.5 Å². The van der Waals surface area contributed by atoms with Crippen LogP contribution in [0.2, 0.25) is 0 Å². The van der Waals surface area contributed by atoms with E-state index in [0.29, 0.717) is 11.4 Å². The molecule has 2 atom stereocenters. The smallest absolute Gasteiger partial charge is 0.359 e. The Morgan fingerprint density at radius 1 is 0.974 bits per heavy atom. The molecular formula is C27H22N4O8. The molecule has 0 aliphatic carbocycles. The number of aromatic nitrogens is 2. The van der Waals surface area contributed by atoms with E-state index in [2.05, 4.69) is 10.3 Å². The van der Waals surface area contributed by atoms with Gasteiger partial charge in [0.25, 0.3) is 5.91 Å². The number of oxime groups is 1. The zero-order chi connectivity index (χ0) is 28.0. The van der Waals surface area contributed by atoms with Crippen molar-refractivity contribution in [1.82, 2.24) is 9.78 Å². The predicted octanol–water partition coefficient (Wildman–Crippen LogP) is 2.49. The van der Waals surface area contributed by atoms with Crippen molar-refractivity contribution in [3.63, 3.8) is 0 Å². The summed E-state index contributed by atoms with van der Waals surface area (Å²) in [4.78, 5) is 70.3. The normalized spacial score (nSPS) is 18.0. The molecular weight excluding hydrogens is 508 g/mol. The lowest BCUT2D eigenvalue weighted by Crippen LogP contribution is -2.34. The first-order valence-electron chi connectivity index (χ1n) is 12.0. The lowest BCUT2D eigenvalue weighted by Gasteiger charge is -2.15. The second-order valence-electron chi connectivity index (χ2n) is 8.95. The maximum Gasteiger partial charge on any atom is 0.359 e. The number of hydrogen-bond acceptors (Lipinski definition) is 9. The second-order valence-corrected chi connectivity index (χ2v) is 8.95. The van der Waals surface area contributed by atoms with Crippen molar-refractivity contribution >= 4 is 40.9 Å². The van der Waals surface area contributed by atoms with Crippen LogP contribution in [0.4, 0.5) is 5.69 Å². The number of benzene rings is 2. The average Bonchev–Trinajstić information content (AvgIpc) is 3.57. The van der Waals surface area contributed by atoms with E-state index in [-0.39, 0.29) is 34.8 Å². The first-order valence-corrected chi connectivity index (χ1v) is 12.0. The van der Waals surface area contributed by atoms with Crippen LogP contribution in [0.25, 0.3) is 5.69 Å². The Bertz CT molecular complexity index is 1570. The van der Waals surface area contributed by atoms with Crippen molar-refractivity contribution in [2.24, 2.45) is 11.1 Å². The molecule has 3 aromatic rings. The number of carbonyl (C=O) groups excluding carboxylic acids is 4. The largest absolute Gasteiger partial charge is 0.478 e. The van der Waals surface area contributed by atoms with Crippen molar-refractivity contribution < 1.29 is 38.7 Å². The van der Waals surface area contributed by atoms with E-state index < -0.39 is 41.6 Å². The molecule has 0 saturated carbocycles. The number of carboxylic acid groups (broad SMARTS) is 1. The predicted molar refractivity (Wildman–Crippen MR) is 135 cm³/mol. The van der Waals surface area contributed by atoms with Crippen LogP contribution in [-0.4, -0.2) is 62.8 Å². The van der Waals surface area contributed by atoms with E-state index in [0.717, 1.165) is 10.5 Å². The van der Waals surface area contributed by atoms with Crippen LogP contribution in [0.3, 0.4) is 0 Å². The summed E-state index contributed by atoms with van der Waals surface area (Å²) in [6, 6.07) is 12.4. The van der Waals surface area contributed by atoms with Crippen LogP contribution < -0.4 is 4.90 Å². The molecule has 3 heterocycles. The molecule has 2 aromatic carbocycles. The summed E-state index contributed by atoms with van der Waals surface area (Å²) in [5.41, 5.74) is 1.25. The maximum absolute atomic E-state index is 13.8. The van der Waals surface area contributed by atoms with Gasteiger partial charge >= 0.3 is 11.9 Å². The van der Waals surface area contributed by atoms with Crippen molar-refractivity contribution in [2.45, 2.75) is 26.9 Å². The fourth-order valence-electron chi connectivity index (χ4n) is 4.56. The minimum Gasteiger partial charge on any atom is -0.478 e. The van der Waals surface area contributed by atoms with Gasteiger partial charge in [-0.25, -0.2) is 19.2 Å². The summed E-state index contributed by atoms with van der Waals surface area (Å²) in [5.74, 6) is -5.68. The van der Waals surface area contributed by atoms with Gasteiger partial charge in [-0.1, -0.05) is 22.9 Å². The van der Waals surface area contributed by atoms with Crippen LogP contribution in [0, 0.1) is 19.8 Å². The molecule has 5 rings (SSSR count). The van der Waals surface area contributed by atoms with Gasteiger partial charge in [-0.2, -0.15) is 5.10 Å². The average molecular weight is 530 g/mol. The zero-order valence-electron chi connectivity index (χ0n) is 21.1. The van der Waals surface area contributed by atoms with Crippen molar-refractivity contribution in [3.8, 4) is 5.69 Å². The Labute approximate surface area is 221 Å². The Morgan fingerprint density at radius 3 is 2.23 bits per heavy atom. The molecule has 0 radical (unpaired) electrons.